The standard InChI is InChI=1S/C28H28N6O3S2/c1-4-37-27(36)25-19(3)22(16-29)26(39-25)31-24(35)13-14-38-28-33-32-23(34(28)21-11-6-5-7-12-21)17-30-20-10-8-9-18(2)15-20/h5-12,15,30H,4,13-14,17H2,1-3H3,(H,31,35). The molecular formula is C28H28N6O3S2. The Balaban J connectivity index is 1.43. The van der Waals surface area contributed by atoms with Gasteiger partial charge in [-0.15, -0.1) is 21.5 Å². The third-order valence-electron chi connectivity index (χ3n) is 5.72. The van der Waals surface area contributed by atoms with Crippen molar-refractivity contribution in [3.63, 3.8) is 0 Å². The summed E-state index contributed by atoms with van der Waals surface area (Å²) in [6.07, 6.45) is 0.180. The van der Waals surface area contributed by atoms with Crippen LogP contribution in [0.1, 0.15) is 45.5 Å². The van der Waals surface area contributed by atoms with Crippen LogP contribution in [0.2, 0.25) is 0 Å². The first-order chi connectivity index (χ1) is 18.9. The summed E-state index contributed by atoms with van der Waals surface area (Å²) in [6.45, 7) is 6.14. The molecule has 0 spiro atoms. The van der Waals surface area contributed by atoms with E-state index in [2.05, 4.69) is 33.0 Å². The minimum Gasteiger partial charge on any atom is -0.462 e. The lowest BCUT2D eigenvalue weighted by Crippen LogP contribution is -2.12. The zero-order chi connectivity index (χ0) is 27.8. The number of hydrogen-bond acceptors (Lipinski definition) is 9. The number of amides is 1. The van der Waals surface area contributed by atoms with Gasteiger partial charge in [-0.05, 0) is 56.2 Å². The summed E-state index contributed by atoms with van der Waals surface area (Å²) in [5.41, 5.74) is 3.87. The van der Waals surface area contributed by atoms with Crippen LogP contribution in [0.5, 0.6) is 0 Å². The van der Waals surface area contributed by atoms with Gasteiger partial charge in [0.15, 0.2) is 11.0 Å². The molecule has 0 aliphatic carbocycles. The highest BCUT2D eigenvalue weighted by molar-refractivity contribution is 7.99. The molecule has 0 saturated heterocycles. The van der Waals surface area contributed by atoms with Crippen LogP contribution in [-0.2, 0) is 16.1 Å². The first-order valence-corrected chi connectivity index (χ1v) is 14.1. The molecule has 0 saturated carbocycles. The lowest BCUT2D eigenvalue weighted by molar-refractivity contribution is -0.115. The number of hydrogen-bond donors (Lipinski definition) is 2. The van der Waals surface area contributed by atoms with Gasteiger partial charge in [0.2, 0.25) is 5.91 Å². The summed E-state index contributed by atoms with van der Waals surface area (Å²) >= 11 is 2.48. The fraction of sp³-hybridized carbons (Fsp3) is 0.250. The molecule has 200 valence electrons. The van der Waals surface area contributed by atoms with Gasteiger partial charge in [-0.1, -0.05) is 42.1 Å². The molecule has 0 aliphatic rings. The second-order valence-corrected chi connectivity index (χ2v) is 10.6. The number of carbonyl (C=O) groups excluding carboxylic acids is 2. The second-order valence-electron chi connectivity index (χ2n) is 8.53. The van der Waals surface area contributed by atoms with Crippen LogP contribution in [0.3, 0.4) is 0 Å². The van der Waals surface area contributed by atoms with E-state index in [0.717, 1.165) is 34.1 Å². The molecule has 2 heterocycles. The van der Waals surface area contributed by atoms with Crippen LogP contribution in [0.4, 0.5) is 10.7 Å². The lowest BCUT2D eigenvalue weighted by atomic mass is 10.2. The van der Waals surface area contributed by atoms with Crippen molar-refractivity contribution in [2.75, 3.05) is 23.0 Å². The quantitative estimate of drug-likeness (QED) is 0.176. The molecule has 0 bridgehead atoms. The molecule has 0 atom stereocenters. The number of aryl methyl sites for hydroxylation is 1. The van der Waals surface area contributed by atoms with Crippen molar-refractivity contribution >= 4 is 45.7 Å². The zero-order valence-electron chi connectivity index (χ0n) is 21.9. The van der Waals surface area contributed by atoms with E-state index in [9.17, 15) is 14.9 Å². The molecule has 0 radical (unpaired) electrons. The van der Waals surface area contributed by atoms with Crippen molar-refractivity contribution in [1.29, 1.82) is 5.26 Å². The molecule has 2 N–H and O–H groups in total. The van der Waals surface area contributed by atoms with E-state index in [-0.39, 0.29) is 24.5 Å². The largest absolute Gasteiger partial charge is 0.462 e. The van der Waals surface area contributed by atoms with Crippen LogP contribution in [0.25, 0.3) is 5.69 Å². The van der Waals surface area contributed by atoms with E-state index in [1.165, 1.54) is 11.8 Å². The number of nitriles is 1. The number of rotatable bonds is 11. The highest BCUT2D eigenvalue weighted by Gasteiger charge is 2.22. The minimum absolute atomic E-state index is 0.180. The number of thiophene rings is 1. The number of anilines is 2. The highest BCUT2D eigenvalue weighted by Crippen LogP contribution is 2.33. The Hall–Kier alpha value is -4.14. The number of carbonyl (C=O) groups is 2. The predicted molar refractivity (Wildman–Crippen MR) is 154 cm³/mol. The van der Waals surface area contributed by atoms with Crippen LogP contribution in [0, 0.1) is 25.2 Å². The third-order valence-corrected chi connectivity index (χ3v) is 7.83. The van der Waals surface area contributed by atoms with Crippen LogP contribution in [0.15, 0.2) is 59.8 Å². The van der Waals surface area contributed by atoms with E-state index in [1.807, 2.05) is 60.0 Å². The molecule has 1 amide bonds. The number of aromatic nitrogens is 3. The summed E-state index contributed by atoms with van der Waals surface area (Å²) in [5, 5.41) is 25.6. The average Bonchev–Trinajstić information content (AvgIpc) is 3.48. The van der Waals surface area contributed by atoms with Crippen LogP contribution < -0.4 is 10.6 Å². The summed E-state index contributed by atoms with van der Waals surface area (Å²) in [4.78, 5) is 25.3. The van der Waals surface area contributed by atoms with E-state index < -0.39 is 5.97 Å². The first kappa shape index (κ1) is 27.9. The number of esters is 1. The van der Waals surface area contributed by atoms with Gasteiger partial charge in [0.05, 0.1) is 18.7 Å². The van der Waals surface area contributed by atoms with E-state index >= 15 is 0 Å². The molecule has 2 aromatic carbocycles. The van der Waals surface area contributed by atoms with Crippen molar-refractivity contribution in [1.82, 2.24) is 14.8 Å². The SMILES string of the molecule is CCOC(=O)c1sc(NC(=O)CCSc2nnc(CNc3cccc(C)c3)n2-c2ccccc2)c(C#N)c1C. The summed E-state index contributed by atoms with van der Waals surface area (Å²) in [7, 11) is 0. The first-order valence-electron chi connectivity index (χ1n) is 12.3. The van der Waals surface area contributed by atoms with E-state index in [4.69, 9.17) is 4.74 Å². The molecule has 4 rings (SSSR count). The third kappa shape index (κ3) is 6.85. The number of thioether (sulfide) groups is 1. The van der Waals surface area contributed by atoms with Gasteiger partial charge < -0.3 is 15.4 Å². The molecule has 0 fully saturated rings. The van der Waals surface area contributed by atoms with Crippen molar-refractivity contribution in [2.45, 2.75) is 38.9 Å². The Kier molecular flexibility index (Phi) is 9.35. The molecule has 0 unspecified atom stereocenters. The summed E-state index contributed by atoms with van der Waals surface area (Å²) in [6, 6.07) is 20.0. The van der Waals surface area contributed by atoms with Gasteiger partial charge in [0, 0.05) is 23.5 Å². The second kappa shape index (κ2) is 13.1. The molecular weight excluding hydrogens is 532 g/mol. The van der Waals surface area contributed by atoms with Gasteiger partial charge in [-0.2, -0.15) is 5.26 Å². The summed E-state index contributed by atoms with van der Waals surface area (Å²) in [5.74, 6) is 0.427. The fourth-order valence-corrected chi connectivity index (χ4v) is 5.81. The molecule has 39 heavy (non-hydrogen) atoms. The fourth-order valence-electron chi connectivity index (χ4n) is 3.83. The maximum atomic E-state index is 12.7. The number of nitrogens with zero attached hydrogens (tertiary/aromatic N) is 4. The van der Waals surface area contributed by atoms with Crippen molar-refractivity contribution < 1.29 is 14.3 Å². The number of nitrogens with one attached hydrogen (secondary N) is 2. The normalized spacial score (nSPS) is 10.6. The van der Waals surface area contributed by atoms with Gasteiger partial charge in [-0.3, -0.25) is 9.36 Å². The maximum Gasteiger partial charge on any atom is 0.348 e. The molecule has 0 aliphatic heterocycles. The lowest BCUT2D eigenvalue weighted by Gasteiger charge is -2.11. The van der Waals surface area contributed by atoms with Crippen molar-refractivity contribution in [3.8, 4) is 11.8 Å². The predicted octanol–water partition coefficient (Wildman–Crippen LogP) is 5.73. The molecule has 2 aromatic heterocycles. The topological polar surface area (TPSA) is 122 Å². The molecule has 11 heteroatoms. The van der Waals surface area contributed by atoms with Crippen LogP contribution in [-0.4, -0.2) is 39.0 Å². The summed E-state index contributed by atoms with van der Waals surface area (Å²) < 4.78 is 7.04. The van der Waals surface area contributed by atoms with Crippen molar-refractivity contribution in [3.05, 3.63) is 82.0 Å². The average molecular weight is 561 g/mol. The van der Waals surface area contributed by atoms with Crippen LogP contribution >= 0.6 is 23.1 Å². The minimum atomic E-state index is -0.500. The monoisotopic (exact) mass is 560 g/mol. The van der Waals surface area contributed by atoms with Gasteiger partial charge in [-0.25, -0.2) is 4.79 Å². The van der Waals surface area contributed by atoms with E-state index in [1.54, 1.807) is 13.8 Å². The maximum absolute atomic E-state index is 12.7. The smallest absolute Gasteiger partial charge is 0.348 e. The van der Waals surface area contributed by atoms with Gasteiger partial charge >= 0.3 is 5.97 Å². The number of para-hydroxylation sites is 1. The molecule has 9 nitrogen and oxygen atoms in total. The zero-order valence-corrected chi connectivity index (χ0v) is 23.5. The van der Waals surface area contributed by atoms with Crippen molar-refractivity contribution in [2.24, 2.45) is 0 Å². The Bertz CT molecular complexity index is 1510. The van der Waals surface area contributed by atoms with Gasteiger partial charge in [0.25, 0.3) is 0 Å². The number of benzene rings is 2. The Morgan fingerprint density at radius 1 is 1.13 bits per heavy atom. The Morgan fingerprint density at radius 2 is 1.92 bits per heavy atom. The highest BCUT2D eigenvalue weighted by atomic mass is 32.2. The Morgan fingerprint density at radius 3 is 2.64 bits per heavy atom. The number of ether oxygens (including phenoxy) is 1. The van der Waals surface area contributed by atoms with Gasteiger partial charge in [0.1, 0.15) is 15.9 Å². The van der Waals surface area contributed by atoms with E-state index in [0.29, 0.717) is 32.9 Å². The Labute approximate surface area is 235 Å². The molecule has 4 aromatic rings.